The molecule has 1 aromatic carbocycles. The number of carbonyl (C=O) groups is 1. The van der Waals surface area contributed by atoms with Gasteiger partial charge in [0.2, 0.25) is 0 Å². The van der Waals surface area contributed by atoms with Crippen molar-refractivity contribution in [3.05, 3.63) is 68.3 Å². The van der Waals surface area contributed by atoms with Crippen molar-refractivity contribution in [1.82, 2.24) is 4.90 Å². The summed E-state index contributed by atoms with van der Waals surface area (Å²) in [6.07, 6.45) is 2.89. The smallest absolute Gasteiger partial charge is 0.295 e. The molecule has 0 fully saturated rings. The van der Waals surface area contributed by atoms with Crippen molar-refractivity contribution in [2.24, 2.45) is 0 Å². The van der Waals surface area contributed by atoms with E-state index >= 15 is 0 Å². The van der Waals surface area contributed by atoms with Crippen LogP contribution in [-0.4, -0.2) is 33.7 Å². The zero-order valence-electron chi connectivity index (χ0n) is 11.4. The van der Waals surface area contributed by atoms with Crippen molar-refractivity contribution in [2.45, 2.75) is 0 Å². The second-order valence-electron chi connectivity index (χ2n) is 4.13. The van der Waals surface area contributed by atoms with Crippen LogP contribution in [0.2, 0.25) is 5.02 Å². The minimum atomic E-state index is -0.878. The number of rotatable bonds is 7. The summed E-state index contributed by atoms with van der Waals surface area (Å²) >= 11 is 5.86. The number of benzene rings is 1. The van der Waals surface area contributed by atoms with Gasteiger partial charge in [0.1, 0.15) is 5.02 Å². The Hall–Kier alpha value is -2.74. The highest BCUT2D eigenvalue weighted by Gasteiger charge is 2.28. The lowest BCUT2D eigenvalue weighted by Crippen LogP contribution is -2.31. The molecule has 0 aliphatic rings. The van der Waals surface area contributed by atoms with E-state index in [2.05, 4.69) is 13.2 Å². The fourth-order valence-electron chi connectivity index (χ4n) is 1.71. The molecular weight excluding hydrogens is 314 g/mol. The number of amides is 1. The van der Waals surface area contributed by atoms with Crippen molar-refractivity contribution < 1.29 is 14.6 Å². The second-order valence-corrected chi connectivity index (χ2v) is 4.51. The number of hydrogen-bond donors (Lipinski definition) is 0. The quantitative estimate of drug-likeness (QED) is 0.435. The van der Waals surface area contributed by atoms with Gasteiger partial charge in [-0.3, -0.25) is 25.0 Å². The average Bonchev–Trinajstić information content (AvgIpc) is 2.46. The standard InChI is InChI=1S/C13H12ClN3O5/c1-3-5-15(6-4-2)13(18)10-7-9(16(19)20)8-11(12(10)14)17(21)22/h3-4,7-8H,1-2,5-6H2. The van der Waals surface area contributed by atoms with Crippen LogP contribution in [0, 0.1) is 20.2 Å². The third-order valence-corrected chi connectivity index (χ3v) is 3.06. The second kappa shape index (κ2) is 7.32. The molecule has 0 heterocycles. The van der Waals surface area contributed by atoms with Crippen LogP contribution in [-0.2, 0) is 0 Å². The highest BCUT2D eigenvalue weighted by Crippen LogP contribution is 2.33. The summed E-state index contributed by atoms with van der Waals surface area (Å²) in [5.41, 5.74) is -1.60. The van der Waals surface area contributed by atoms with Gasteiger partial charge in [-0.05, 0) is 0 Å². The minimum absolute atomic E-state index is 0.137. The first kappa shape index (κ1) is 17.3. The van der Waals surface area contributed by atoms with Gasteiger partial charge >= 0.3 is 0 Å². The van der Waals surface area contributed by atoms with Gasteiger partial charge in [-0.25, -0.2) is 0 Å². The molecule has 1 rings (SSSR count). The fourth-order valence-corrected chi connectivity index (χ4v) is 1.97. The SMILES string of the molecule is C=CCN(CC=C)C(=O)c1cc([N+](=O)[O-])cc([N+](=O)[O-])c1Cl. The molecule has 8 nitrogen and oxygen atoms in total. The number of hydrogen-bond acceptors (Lipinski definition) is 5. The average molecular weight is 326 g/mol. The monoisotopic (exact) mass is 325 g/mol. The van der Waals surface area contributed by atoms with Crippen LogP contribution in [0.1, 0.15) is 10.4 Å². The Balaban J connectivity index is 3.46. The van der Waals surface area contributed by atoms with Crippen molar-refractivity contribution in [2.75, 3.05) is 13.1 Å². The van der Waals surface area contributed by atoms with Crippen molar-refractivity contribution in [3.63, 3.8) is 0 Å². The summed E-state index contributed by atoms with van der Waals surface area (Å²) in [7, 11) is 0. The summed E-state index contributed by atoms with van der Waals surface area (Å²) < 4.78 is 0. The maximum Gasteiger partial charge on any atom is 0.295 e. The largest absolute Gasteiger partial charge is 0.331 e. The van der Waals surface area contributed by atoms with Crippen LogP contribution < -0.4 is 0 Å². The first-order valence-electron chi connectivity index (χ1n) is 5.96. The molecule has 1 aromatic rings. The number of halogens is 1. The lowest BCUT2D eigenvalue weighted by Gasteiger charge is -2.19. The van der Waals surface area contributed by atoms with E-state index in [9.17, 15) is 25.0 Å². The molecule has 116 valence electrons. The molecule has 0 saturated carbocycles. The van der Waals surface area contributed by atoms with E-state index in [1.165, 1.54) is 17.1 Å². The van der Waals surface area contributed by atoms with Gasteiger partial charge in [0.15, 0.2) is 0 Å². The van der Waals surface area contributed by atoms with Crippen LogP contribution in [0.5, 0.6) is 0 Å². The van der Waals surface area contributed by atoms with Gasteiger partial charge in [-0.15, -0.1) is 13.2 Å². The highest BCUT2D eigenvalue weighted by molar-refractivity contribution is 6.36. The lowest BCUT2D eigenvalue weighted by molar-refractivity contribution is -0.394. The third kappa shape index (κ3) is 3.67. The molecule has 1 amide bonds. The van der Waals surface area contributed by atoms with Gasteiger partial charge in [0.25, 0.3) is 17.3 Å². The molecule has 22 heavy (non-hydrogen) atoms. The zero-order chi connectivity index (χ0) is 16.9. The molecule has 0 saturated heterocycles. The Morgan fingerprint density at radius 3 is 2.14 bits per heavy atom. The van der Waals surface area contributed by atoms with E-state index in [1.807, 2.05) is 0 Å². The summed E-state index contributed by atoms with van der Waals surface area (Å²) in [6.45, 7) is 7.26. The van der Waals surface area contributed by atoms with E-state index in [0.29, 0.717) is 6.07 Å². The van der Waals surface area contributed by atoms with Crippen molar-refractivity contribution in [3.8, 4) is 0 Å². The van der Waals surface area contributed by atoms with Gasteiger partial charge in [0.05, 0.1) is 21.5 Å². The molecule has 0 aromatic heterocycles. The van der Waals surface area contributed by atoms with Crippen molar-refractivity contribution in [1.29, 1.82) is 0 Å². The molecule has 0 aliphatic carbocycles. The topological polar surface area (TPSA) is 107 Å². The Morgan fingerprint density at radius 1 is 1.18 bits per heavy atom. The number of carbonyl (C=O) groups excluding carboxylic acids is 1. The first-order valence-corrected chi connectivity index (χ1v) is 6.34. The highest BCUT2D eigenvalue weighted by atomic mass is 35.5. The molecule has 0 spiro atoms. The van der Waals surface area contributed by atoms with Gasteiger partial charge in [0, 0.05) is 19.2 Å². The van der Waals surface area contributed by atoms with Gasteiger partial charge < -0.3 is 4.90 Å². The molecule has 0 aliphatic heterocycles. The maximum absolute atomic E-state index is 12.4. The van der Waals surface area contributed by atoms with E-state index in [0.717, 1.165) is 6.07 Å². The minimum Gasteiger partial charge on any atom is -0.331 e. The molecule has 0 N–H and O–H groups in total. The number of nitro benzene ring substituents is 2. The molecule has 0 bridgehead atoms. The first-order chi connectivity index (χ1) is 10.3. The molecule has 9 heteroatoms. The van der Waals surface area contributed by atoms with Crippen LogP contribution in [0.25, 0.3) is 0 Å². The van der Waals surface area contributed by atoms with Crippen molar-refractivity contribution >= 4 is 28.9 Å². The van der Waals surface area contributed by atoms with Crippen LogP contribution in [0.3, 0.4) is 0 Å². The summed E-state index contributed by atoms with van der Waals surface area (Å²) in [6, 6.07) is 1.63. The molecule has 0 radical (unpaired) electrons. The predicted molar refractivity (Wildman–Crippen MR) is 81.1 cm³/mol. The maximum atomic E-state index is 12.4. The Kier molecular flexibility index (Phi) is 5.76. The van der Waals surface area contributed by atoms with Crippen LogP contribution in [0.15, 0.2) is 37.4 Å². The third-order valence-electron chi connectivity index (χ3n) is 2.66. The van der Waals surface area contributed by atoms with Gasteiger partial charge in [-0.2, -0.15) is 0 Å². The van der Waals surface area contributed by atoms with E-state index in [-0.39, 0.29) is 18.7 Å². The summed E-state index contributed by atoms with van der Waals surface area (Å²) in [5, 5.41) is 21.4. The van der Waals surface area contributed by atoms with E-state index in [4.69, 9.17) is 11.6 Å². The summed E-state index contributed by atoms with van der Waals surface area (Å²) in [5.74, 6) is -0.684. The normalized spacial score (nSPS) is 9.86. The molecule has 0 atom stereocenters. The van der Waals surface area contributed by atoms with Gasteiger partial charge in [-0.1, -0.05) is 23.8 Å². The van der Waals surface area contributed by atoms with Crippen LogP contribution in [0.4, 0.5) is 11.4 Å². The zero-order valence-corrected chi connectivity index (χ0v) is 12.2. The van der Waals surface area contributed by atoms with E-state index in [1.54, 1.807) is 0 Å². The Bertz CT molecular complexity index is 649. The Labute approximate surface area is 130 Å². The lowest BCUT2D eigenvalue weighted by atomic mass is 10.1. The Morgan fingerprint density at radius 2 is 1.73 bits per heavy atom. The number of nitrogens with zero attached hydrogens (tertiary/aromatic N) is 3. The molecule has 0 unspecified atom stereocenters. The number of nitro groups is 2. The fraction of sp³-hybridized carbons (Fsp3) is 0.154. The predicted octanol–water partition coefficient (Wildman–Crippen LogP) is 2.97. The van der Waals surface area contributed by atoms with Crippen LogP contribution >= 0.6 is 11.6 Å². The van der Waals surface area contributed by atoms with E-state index < -0.39 is 32.2 Å². The number of non-ortho nitro benzene ring substituents is 1. The molecular formula is C13H12ClN3O5. The summed E-state index contributed by atoms with van der Waals surface area (Å²) in [4.78, 5) is 33.7.